The molecule has 0 atom stereocenters. The summed E-state index contributed by atoms with van der Waals surface area (Å²) in [4.78, 5) is 36.6. The van der Waals surface area contributed by atoms with Gasteiger partial charge in [-0.25, -0.2) is 9.59 Å². The number of amides is 2. The van der Waals surface area contributed by atoms with Crippen LogP contribution in [0.5, 0.6) is 0 Å². The van der Waals surface area contributed by atoms with Crippen LogP contribution in [0.4, 0.5) is 10.5 Å². The third-order valence-corrected chi connectivity index (χ3v) is 5.37. The number of carboxylic acid groups (broad SMARTS) is 1. The van der Waals surface area contributed by atoms with E-state index in [1.165, 1.54) is 18.9 Å². The van der Waals surface area contributed by atoms with Crippen molar-refractivity contribution in [2.24, 2.45) is 5.92 Å². The van der Waals surface area contributed by atoms with Gasteiger partial charge in [-0.3, -0.25) is 9.69 Å². The molecule has 8 nitrogen and oxygen atoms in total. The molecular weight excluding hydrogens is 362 g/mol. The highest BCUT2D eigenvalue weighted by Gasteiger charge is 2.37. The van der Waals surface area contributed by atoms with E-state index in [0.717, 1.165) is 24.8 Å². The summed E-state index contributed by atoms with van der Waals surface area (Å²) >= 11 is 0. The number of rotatable bonds is 7. The lowest BCUT2D eigenvalue weighted by Crippen LogP contribution is -2.55. The first-order valence-electron chi connectivity index (χ1n) is 9.53. The number of anilines is 1. The van der Waals surface area contributed by atoms with Crippen LogP contribution < -0.4 is 16.3 Å². The van der Waals surface area contributed by atoms with Crippen LogP contribution in [0.2, 0.25) is 0 Å². The molecule has 0 radical (unpaired) electrons. The Hall–Kier alpha value is -2.87. The van der Waals surface area contributed by atoms with Gasteiger partial charge in [0, 0.05) is 35.8 Å². The lowest BCUT2D eigenvalue weighted by atomic mass is 9.85. The molecule has 148 valence electrons. The molecule has 0 unspecified atom stereocenters. The Balaban J connectivity index is 1.28. The molecule has 2 fully saturated rings. The van der Waals surface area contributed by atoms with Gasteiger partial charge in [-0.2, -0.15) is 0 Å². The summed E-state index contributed by atoms with van der Waals surface area (Å²) in [6, 6.07) is 8.01. The second-order valence-corrected chi connectivity index (χ2v) is 7.69. The van der Waals surface area contributed by atoms with Gasteiger partial charge in [-0.05, 0) is 55.9 Å². The minimum absolute atomic E-state index is 0.0407. The largest absolute Gasteiger partial charge is 0.480 e. The number of carboxylic acids is 1. The van der Waals surface area contributed by atoms with Crippen LogP contribution in [-0.4, -0.2) is 47.2 Å². The van der Waals surface area contributed by atoms with Gasteiger partial charge in [0.2, 0.25) is 0 Å². The number of carbonyl (C=O) groups excluding carboxylic acids is 1. The second kappa shape index (κ2) is 7.63. The number of nitrogens with zero attached hydrogens (tertiary/aromatic N) is 1. The zero-order valence-corrected chi connectivity index (χ0v) is 15.4. The summed E-state index contributed by atoms with van der Waals surface area (Å²) < 4.78 is 5.08. The normalized spacial score (nSPS) is 21.3. The van der Waals surface area contributed by atoms with Crippen molar-refractivity contribution in [1.82, 2.24) is 10.2 Å². The fourth-order valence-electron chi connectivity index (χ4n) is 3.65. The van der Waals surface area contributed by atoms with E-state index >= 15 is 0 Å². The molecule has 0 aliphatic heterocycles. The van der Waals surface area contributed by atoms with Crippen molar-refractivity contribution in [3.63, 3.8) is 0 Å². The Kier molecular flexibility index (Phi) is 5.04. The first-order valence-corrected chi connectivity index (χ1v) is 9.53. The van der Waals surface area contributed by atoms with Crippen LogP contribution in [0.15, 0.2) is 39.5 Å². The molecule has 8 heteroatoms. The summed E-state index contributed by atoms with van der Waals surface area (Å²) in [6.07, 6.45) is 3.89. The molecule has 1 aromatic heterocycles. The number of aliphatic carboxylic acids is 1. The molecule has 0 saturated heterocycles. The van der Waals surface area contributed by atoms with Crippen molar-refractivity contribution in [1.29, 1.82) is 0 Å². The van der Waals surface area contributed by atoms with E-state index in [9.17, 15) is 14.4 Å². The number of fused-ring (bicyclic) bond motifs is 1. The van der Waals surface area contributed by atoms with E-state index in [1.54, 1.807) is 24.3 Å². The zero-order valence-electron chi connectivity index (χ0n) is 15.4. The number of carbonyl (C=O) groups is 2. The molecule has 2 saturated carbocycles. The standard InChI is InChI=1S/C20H23N3O5/c24-18(25)11-23(10-12-1-2-12)16-8-15(9-16)22-20(27)21-14-4-5-17-13(7-14)3-6-19(26)28-17/h3-7,12,15-16H,1-2,8-11H2,(H,24,25)(H2,21,22,27). The third kappa shape index (κ3) is 4.51. The number of hydrogen-bond donors (Lipinski definition) is 3. The summed E-state index contributed by atoms with van der Waals surface area (Å²) in [5, 5.41) is 15.6. The highest BCUT2D eigenvalue weighted by Crippen LogP contribution is 2.33. The third-order valence-electron chi connectivity index (χ3n) is 5.37. The minimum Gasteiger partial charge on any atom is -0.480 e. The van der Waals surface area contributed by atoms with Gasteiger partial charge in [-0.1, -0.05) is 0 Å². The lowest BCUT2D eigenvalue weighted by Gasteiger charge is -2.42. The topological polar surface area (TPSA) is 112 Å². The Morgan fingerprint density at radius 1 is 1.18 bits per heavy atom. The number of benzene rings is 1. The van der Waals surface area contributed by atoms with E-state index < -0.39 is 11.6 Å². The monoisotopic (exact) mass is 385 g/mol. The number of nitrogens with one attached hydrogen (secondary N) is 2. The Labute approximate surface area is 161 Å². The van der Waals surface area contributed by atoms with Crippen molar-refractivity contribution in [2.45, 2.75) is 37.8 Å². The maximum atomic E-state index is 12.2. The van der Waals surface area contributed by atoms with Crippen molar-refractivity contribution in [3.8, 4) is 0 Å². The molecule has 1 aromatic carbocycles. The van der Waals surface area contributed by atoms with Gasteiger partial charge < -0.3 is 20.2 Å². The van der Waals surface area contributed by atoms with Gasteiger partial charge in [0.25, 0.3) is 0 Å². The maximum Gasteiger partial charge on any atom is 0.336 e. The van der Waals surface area contributed by atoms with Crippen LogP contribution >= 0.6 is 0 Å². The molecule has 0 bridgehead atoms. The first-order chi connectivity index (χ1) is 13.5. The summed E-state index contributed by atoms with van der Waals surface area (Å²) in [5.41, 5.74) is 0.662. The van der Waals surface area contributed by atoms with Crippen molar-refractivity contribution in [3.05, 3.63) is 40.8 Å². The summed E-state index contributed by atoms with van der Waals surface area (Å²) in [6.45, 7) is 0.899. The quantitative estimate of drug-likeness (QED) is 0.630. The van der Waals surface area contributed by atoms with Crippen LogP contribution in [0.25, 0.3) is 11.0 Å². The van der Waals surface area contributed by atoms with Gasteiger partial charge in [0.1, 0.15) is 5.58 Å². The Morgan fingerprint density at radius 3 is 2.68 bits per heavy atom. The second-order valence-electron chi connectivity index (χ2n) is 7.69. The predicted molar refractivity (Wildman–Crippen MR) is 103 cm³/mol. The molecule has 2 aliphatic carbocycles. The minimum atomic E-state index is -0.804. The van der Waals surface area contributed by atoms with E-state index in [-0.39, 0.29) is 24.7 Å². The van der Waals surface area contributed by atoms with Gasteiger partial charge >= 0.3 is 17.6 Å². The Morgan fingerprint density at radius 2 is 1.96 bits per heavy atom. The molecule has 2 aromatic rings. The number of urea groups is 1. The molecule has 28 heavy (non-hydrogen) atoms. The lowest BCUT2D eigenvalue weighted by molar-refractivity contribution is -0.139. The highest BCUT2D eigenvalue weighted by molar-refractivity contribution is 5.92. The molecule has 0 spiro atoms. The number of hydrogen-bond acceptors (Lipinski definition) is 5. The van der Waals surface area contributed by atoms with E-state index in [1.807, 2.05) is 4.90 Å². The Bertz CT molecular complexity index is 946. The average molecular weight is 385 g/mol. The van der Waals surface area contributed by atoms with Crippen molar-refractivity contribution in [2.75, 3.05) is 18.4 Å². The highest BCUT2D eigenvalue weighted by atomic mass is 16.4. The van der Waals surface area contributed by atoms with Gasteiger partial charge in [0.15, 0.2) is 0 Å². The van der Waals surface area contributed by atoms with Gasteiger partial charge in [0.05, 0.1) is 6.54 Å². The van der Waals surface area contributed by atoms with Crippen molar-refractivity contribution < 1.29 is 19.1 Å². The smallest absolute Gasteiger partial charge is 0.336 e. The summed E-state index contributed by atoms with van der Waals surface area (Å²) in [7, 11) is 0. The van der Waals surface area contributed by atoms with Gasteiger partial charge in [-0.15, -0.1) is 0 Å². The van der Waals surface area contributed by atoms with E-state index in [0.29, 0.717) is 17.2 Å². The maximum absolute atomic E-state index is 12.2. The first kappa shape index (κ1) is 18.5. The molecule has 3 N–H and O–H groups in total. The van der Waals surface area contributed by atoms with Crippen LogP contribution in [0, 0.1) is 5.92 Å². The van der Waals surface area contributed by atoms with E-state index in [2.05, 4.69) is 10.6 Å². The van der Waals surface area contributed by atoms with Crippen LogP contribution in [-0.2, 0) is 4.79 Å². The fraction of sp³-hybridized carbons (Fsp3) is 0.450. The van der Waals surface area contributed by atoms with Crippen LogP contribution in [0.3, 0.4) is 0 Å². The zero-order chi connectivity index (χ0) is 19.7. The summed E-state index contributed by atoms with van der Waals surface area (Å²) in [5.74, 6) is -0.172. The molecular formula is C20H23N3O5. The predicted octanol–water partition coefficient (Wildman–Crippen LogP) is 2.24. The molecule has 4 rings (SSSR count). The molecule has 1 heterocycles. The average Bonchev–Trinajstić information content (AvgIpc) is 3.41. The SMILES string of the molecule is O=C(O)CN(CC1CC1)C1CC(NC(=O)Nc2ccc3oc(=O)ccc3c2)C1. The molecule has 2 aliphatic rings. The molecule has 2 amide bonds. The van der Waals surface area contributed by atoms with Crippen molar-refractivity contribution >= 4 is 28.7 Å². The fourth-order valence-corrected chi connectivity index (χ4v) is 3.65. The van der Waals surface area contributed by atoms with E-state index in [4.69, 9.17) is 9.52 Å². The van der Waals surface area contributed by atoms with Crippen LogP contribution in [0.1, 0.15) is 25.7 Å².